The molecular formula is C25H18N6O5S. The zero-order valence-corrected chi connectivity index (χ0v) is 20.1. The number of hydrogen-bond acceptors (Lipinski definition) is 9. The van der Waals surface area contributed by atoms with Crippen molar-refractivity contribution >= 4 is 45.5 Å². The van der Waals surface area contributed by atoms with Crippen LogP contribution in [-0.4, -0.2) is 44.0 Å². The molecule has 11 nitrogen and oxygen atoms in total. The number of ether oxygens (including phenoxy) is 2. The minimum atomic E-state index is -0.554. The molecule has 0 bridgehead atoms. The van der Waals surface area contributed by atoms with E-state index in [9.17, 15) is 14.9 Å². The first-order chi connectivity index (χ1) is 17.9. The number of carbonyl (C=O) groups is 1. The number of nitrogens with one attached hydrogen (secondary N) is 1. The fourth-order valence-electron chi connectivity index (χ4n) is 3.62. The lowest BCUT2D eigenvalue weighted by molar-refractivity contribution is -0.385. The molecule has 1 aromatic heterocycles. The van der Waals surface area contributed by atoms with Crippen LogP contribution in [0.1, 0.15) is 16.7 Å². The molecule has 0 aliphatic carbocycles. The molecule has 0 saturated carbocycles. The summed E-state index contributed by atoms with van der Waals surface area (Å²) < 4.78 is 11.2. The summed E-state index contributed by atoms with van der Waals surface area (Å²) in [5.41, 5.74) is 1.79. The maximum absolute atomic E-state index is 12.8. The molecule has 12 heteroatoms. The van der Waals surface area contributed by atoms with E-state index in [2.05, 4.69) is 15.1 Å². The van der Waals surface area contributed by atoms with E-state index in [1.807, 2.05) is 6.07 Å². The lowest BCUT2D eigenvalue weighted by atomic mass is 10.1. The molecule has 3 aromatic rings. The Labute approximate surface area is 214 Å². The number of nitro groups is 1. The van der Waals surface area contributed by atoms with Crippen molar-refractivity contribution in [3.63, 3.8) is 0 Å². The molecule has 0 saturated heterocycles. The number of thioether (sulfide) groups is 1. The highest BCUT2D eigenvalue weighted by Gasteiger charge is 2.36. The number of carbonyl (C=O) groups excluding carboxylic acids is 1. The molecule has 2 aromatic carbocycles. The van der Waals surface area contributed by atoms with Gasteiger partial charge in [-0.1, -0.05) is 18.2 Å². The van der Waals surface area contributed by atoms with Gasteiger partial charge in [-0.05, 0) is 53.7 Å². The number of rotatable bonds is 7. The van der Waals surface area contributed by atoms with Gasteiger partial charge in [0.25, 0.3) is 11.6 Å². The Balaban J connectivity index is 1.38. The first-order valence-corrected chi connectivity index (χ1v) is 11.7. The quantitative estimate of drug-likeness (QED) is 0.280. The monoisotopic (exact) mass is 514 g/mol. The summed E-state index contributed by atoms with van der Waals surface area (Å²) in [6.45, 7) is -0.0293. The van der Waals surface area contributed by atoms with E-state index in [1.165, 1.54) is 36.0 Å². The second-order valence-corrected chi connectivity index (χ2v) is 8.71. The van der Waals surface area contributed by atoms with Crippen molar-refractivity contribution in [1.29, 1.82) is 5.41 Å². The summed E-state index contributed by atoms with van der Waals surface area (Å²) in [4.78, 5) is 31.7. The largest absolute Gasteiger partial charge is 0.493 e. The number of pyridine rings is 1. The molecule has 184 valence electrons. The van der Waals surface area contributed by atoms with Gasteiger partial charge in [0.2, 0.25) is 5.17 Å². The SMILES string of the molecule is COc1cc(/C=C2\C(=N)N3N=C(c4cccnc4)SC3=NC2=O)ccc1OCc1ccccc1[N+](=O)[O-]. The number of fused-ring (bicyclic) bond motifs is 1. The van der Waals surface area contributed by atoms with E-state index in [0.717, 1.165) is 5.56 Å². The Kier molecular flexibility index (Phi) is 6.47. The van der Waals surface area contributed by atoms with Gasteiger partial charge < -0.3 is 9.47 Å². The first kappa shape index (κ1) is 23.9. The molecule has 5 rings (SSSR count). The van der Waals surface area contributed by atoms with Crippen LogP contribution in [-0.2, 0) is 11.4 Å². The zero-order valence-electron chi connectivity index (χ0n) is 19.3. The van der Waals surface area contributed by atoms with Crippen LogP contribution < -0.4 is 9.47 Å². The third-order valence-corrected chi connectivity index (χ3v) is 6.39. The van der Waals surface area contributed by atoms with E-state index in [-0.39, 0.29) is 23.7 Å². The van der Waals surface area contributed by atoms with E-state index in [0.29, 0.717) is 32.8 Å². The Bertz CT molecular complexity index is 1520. The van der Waals surface area contributed by atoms with Crippen molar-refractivity contribution in [2.75, 3.05) is 7.11 Å². The van der Waals surface area contributed by atoms with Gasteiger partial charge in [-0.2, -0.15) is 15.1 Å². The fourth-order valence-corrected chi connectivity index (χ4v) is 4.51. The molecule has 1 N–H and O–H groups in total. The molecular weight excluding hydrogens is 496 g/mol. The number of hydrogen-bond donors (Lipinski definition) is 1. The van der Waals surface area contributed by atoms with Crippen LogP contribution >= 0.6 is 11.8 Å². The number of nitro benzene ring substituents is 1. The normalized spacial score (nSPS) is 15.8. The second-order valence-electron chi connectivity index (χ2n) is 7.75. The van der Waals surface area contributed by atoms with Crippen molar-refractivity contribution in [3.05, 3.63) is 99.4 Å². The van der Waals surface area contributed by atoms with Crippen LogP contribution in [0, 0.1) is 15.5 Å². The minimum absolute atomic E-state index is 0.0293. The summed E-state index contributed by atoms with van der Waals surface area (Å²) in [7, 11) is 1.46. The summed E-state index contributed by atoms with van der Waals surface area (Å²) in [6.07, 6.45) is 4.83. The molecule has 37 heavy (non-hydrogen) atoms. The van der Waals surface area contributed by atoms with Crippen molar-refractivity contribution < 1.29 is 19.2 Å². The predicted molar refractivity (Wildman–Crippen MR) is 139 cm³/mol. The number of amidine groups is 2. The van der Waals surface area contributed by atoms with Crippen molar-refractivity contribution in [2.24, 2.45) is 10.1 Å². The van der Waals surface area contributed by atoms with Gasteiger partial charge >= 0.3 is 0 Å². The van der Waals surface area contributed by atoms with Gasteiger partial charge in [0.15, 0.2) is 17.3 Å². The lowest BCUT2D eigenvalue weighted by Gasteiger charge is -2.20. The smallest absolute Gasteiger partial charge is 0.283 e. The molecule has 0 fully saturated rings. The van der Waals surface area contributed by atoms with E-state index >= 15 is 0 Å². The summed E-state index contributed by atoms with van der Waals surface area (Å²) in [5, 5.41) is 26.5. The third-order valence-electron chi connectivity index (χ3n) is 5.43. The van der Waals surface area contributed by atoms with Gasteiger partial charge in [-0.25, -0.2) is 0 Å². The van der Waals surface area contributed by atoms with Crippen molar-refractivity contribution in [3.8, 4) is 11.5 Å². The number of para-hydroxylation sites is 1. The van der Waals surface area contributed by atoms with Crippen LogP contribution in [0.4, 0.5) is 5.69 Å². The third kappa shape index (κ3) is 4.82. The average Bonchev–Trinajstić information content (AvgIpc) is 3.35. The zero-order chi connectivity index (χ0) is 25.9. The topological polar surface area (TPSA) is 143 Å². The number of benzene rings is 2. The highest BCUT2D eigenvalue weighted by molar-refractivity contribution is 8.27. The van der Waals surface area contributed by atoms with E-state index in [1.54, 1.807) is 54.9 Å². The Hall–Kier alpha value is -4.84. The number of amides is 1. The van der Waals surface area contributed by atoms with E-state index < -0.39 is 10.8 Å². The highest BCUT2D eigenvalue weighted by Crippen LogP contribution is 2.33. The van der Waals surface area contributed by atoms with Gasteiger partial charge in [0.1, 0.15) is 11.7 Å². The first-order valence-electron chi connectivity index (χ1n) is 10.9. The number of nitrogens with zero attached hydrogens (tertiary/aromatic N) is 5. The van der Waals surface area contributed by atoms with Crippen LogP contribution in [0.2, 0.25) is 0 Å². The number of aromatic nitrogens is 1. The Morgan fingerprint density at radius 2 is 2.00 bits per heavy atom. The van der Waals surface area contributed by atoms with Crippen LogP contribution in [0.3, 0.4) is 0 Å². The molecule has 0 atom stereocenters. The summed E-state index contributed by atoms with van der Waals surface area (Å²) >= 11 is 1.20. The molecule has 2 aliphatic rings. The van der Waals surface area contributed by atoms with Gasteiger partial charge in [0.05, 0.1) is 23.2 Å². The summed E-state index contributed by atoms with van der Waals surface area (Å²) in [5.74, 6) is 0.0782. The lowest BCUT2D eigenvalue weighted by Crippen LogP contribution is -2.35. The highest BCUT2D eigenvalue weighted by atomic mass is 32.2. The molecule has 0 unspecified atom stereocenters. The number of methoxy groups -OCH3 is 1. The minimum Gasteiger partial charge on any atom is -0.493 e. The van der Waals surface area contributed by atoms with Crippen molar-refractivity contribution in [1.82, 2.24) is 9.99 Å². The fraction of sp³-hybridized carbons (Fsp3) is 0.0800. The van der Waals surface area contributed by atoms with Crippen LogP contribution in [0.25, 0.3) is 6.08 Å². The van der Waals surface area contributed by atoms with E-state index in [4.69, 9.17) is 14.9 Å². The molecule has 0 spiro atoms. The second kappa shape index (κ2) is 10.0. The molecule has 0 radical (unpaired) electrons. The average molecular weight is 515 g/mol. The summed E-state index contributed by atoms with van der Waals surface area (Å²) in [6, 6.07) is 14.9. The molecule has 3 heterocycles. The van der Waals surface area contributed by atoms with Crippen LogP contribution in [0.15, 0.2) is 82.7 Å². The Morgan fingerprint density at radius 3 is 2.76 bits per heavy atom. The number of hydrazone groups is 1. The standard InChI is InChI=1S/C25H18N6O5S/c1-35-21-12-15(8-9-20(21)36-14-17-5-2-3-7-19(17)31(33)34)11-18-22(26)30-25(28-23(18)32)37-24(29-30)16-6-4-10-27-13-16/h2-13,26H,14H2,1H3/b18-11+,26-22?. The maximum atomic E-state index is 12.8. The van der Waals surface area contributed by atoms with Gasteiger partial charge in [-0.3, -0.25) is 25.3 Å². The number of aliphatic imine (C=N–C) groups is 1. The maximum Gasteiger partial charge on any atom is 0.283 e. The van der Waals surface area contributed by atoms with Crippen molar-refractivity contribution in [2.45, 2.75) is 6.61 Å². The Morgan fingerprint density at radius 1 is 1.16 bits per heavy atom. The van der Waals surface area contributed by atoms with Gasteiger partial charge in [0, 0.05) is 24.0 Å². The molecule has 1 amide bonds. The predicted octanol–water partition coefficient (Wildman–Crippen LogP) is 4.24. The van der Waals surface area contributed by atoms with Gasteiger partial charge in [-0.15, -0.1) is 0 Å². The molecule has 2 aliphatic heterocycles. The van der Waals surface area contributed by atoms with Crippen LogP contribution in [0.5, 0.6) is 11.5 Å².